The molecule has 0 aliphatic heterocycles. The molecule has 9 heteroatoms. The largest absolute Gasteiger partial charge is 0.493 e. The molecule has 9 nitrogen and oxygen atoms in total. The molecular formula is C28H34N4O5. The highest BCUT2D eigenvalue weighted by Crippen LogP contribution is 2.27. The predicted molar refractivity (Wildman–Crippen MR) is 141 cm³/mol. The van der Waals surface area contributed by atoms with Crippen LogP contribution in [-0.4, -0.2) is 74.3 Å². The van der Waals surface area contributed by atoms with Crippen molar-refractivity contribution in [2.24, 2.45) is 0 Å². The highest BCUT2D eigenvalue weighted by molar-refractivity contribution is 5.95. The van der Waals surface area contributed by atoms with Gasteiger partial charge < -0.3 is 24.4 Å². The first-order chi connectivity index (χ1) is 18.0. The number of methoxy groups -OCH3 is 2. The molecule has 0 saturated heterocycles. The van der Waals surface area contributed by atoms with Gasteiger partial charge in [0.1, 0.15) is 0 Å². The van der Waals surface area contributed by atoms with Gasteiger partial charge in [-0.3, -0.25) is 9.59 Å². The van der Waals surface area contributed by atoms with Crippen molar-refractivity contribution >= 4 is 11.8 Å². The number of carbonyl (C=O) groups is 2. The maximum Gasteiger partial charge on any atom is 0.254 e. The summed E-state index contributed by atoms with van der Waals surface area (Å²) in [7, 11) is 4.97. The molecule has 1 N–H and O–H groups in total. The monoisotopic (exact) mass is 506 g/mol. The predicted octanol–water partition coefficient (Wildman–Crippen LogP) is 3.63. The van der Waals surface area contributed by atoms with Gasteiger partial charge in [-0.05, 0) is 49.6 Å². The average molecular weight is 507 g/mol. The Hall–Kier alpha value is -3.98. The van der Waals surface area contributed by atoms with Crippen LogP contribution in [-0.2, 0) is 11.2 Å². The second kappa shape index (κ2) is 13.9. The smallest absolute Gasteiger partial charge is 0.254 e. The molecule has 3 rings (SSSR count). The summed E-state index contributed by atoms with van der Waals surface area (Å²) in [6.07, 6.45) is 4.39. The van der Waals surface area contributed by atoms with E-state index in [-0.39, 0.29) is 11.8 Å². The van der Waals surface area contributed by atoms with Gasteiger partial charge >= 0.3 is 0 Å². The Morgan fingerprint density at radius 2 is 1.73 bits per heavy atom. The van der Waals surface area contributed by atoms with Crippen LogP contribution >= 0.6 is 0 Å². The van der Waals surface area contributed by atoms with Crippen LogP contribution in [0, 0.1) is 0 Å². The van der Waals surface area contributed by atoms with Crippen LogP contribution < -0.4 is 14.8 Å². The van der Waals surface area contributed by atoms with Crippen LogP contribution in [0.2, 0.25) is 0 Å². The molecule has 0 saturated carbocycles. The number of rotatable bonds is 13. The van der Waals surface area contributed by atoms with Gasteiger partial charge in [0.25, 0.3) is 11.8 Å². The lowest BCUT2D eigenvalue weighted by Crippen LogP contribution is -2.28. The fourth-order valence-corrected chi connectivity index (χ4v) is 3.66. The van der Waals surface area contributed by atoms with Gasteiger partial charge in [-0.2, -0.15) is 0 Å². The average Bonchev–Trinajstić information content (AvgIpc) is 2.95. The van der Waals surface area contributed by atoms with Gasteiger partial charge in [0.15, 0.2) is 17.3 Å². The zero-order chi connectivity index (χ0) is 26.6. The summed E-state index contributed by atoms with van der Waals surface area (Å²) in [5, 5.41) is 2.83. The molecule has 0 atom stereocenters. The minimum absolute atomic E-state index is 0.106. The molecule has 0 aliphatic rings. The summed E-state index contributed by atoms with van der Waals surface area (Å²) in [6.45, 7) is 4.25. The van der Waals surface area contributed by atoms with E-state index in [0.717, 1.165) is 12.0 Å². The van der Waals surface area contributed by atoms with Crippen LogP contribution in [0.3, 0.4) is 0 Å². The van der Waals surface area contributed by atoms with Gasteiger partial charge in [0.2, 0.25) is 0 Å². The molecule has 37 heavy (non-hydrogen) atoms. The van der Waals surface area contributed by atoms with Gasteiger partial charge in [0, 0.05) is 56.9 Å². The standard InChI is InChI=1S/C28H34N4O5/c1-5-37-15-7-13-29-27(33)23-18-30-26(31-19-23)21-8-6-9-22(17-21)28(34)32(2)14-12-20-10-11-24(35-3)25(16-20)36-4/h6,8-11,16-19H,5,7,12-15H2,1-4H3,(H,29,33). The van der Waals surface area contributed by atoms with Crippen molar-refractivity contribution in [1.82, 2.24) is 20.2 Å². The molecule has 0 radical (unpaired) electrons. The Bertz CT molecular complexity index is 1180. The Balaban J connectivity index is 1.60. The number of nitrogens with one attached hydrogen (secondary N) is 1. The van der Waals surface area contributed by atoms with Crippen molar-refractivity contribution < 1.29 is 23.8 Å². The second-order valence-corrected chi connectivity index (χ2v) is 8.35. The topological polar surface area (TPSA) is 103 Å². The Labute approximate surface area is 217 Å². The Morgan fingerprint density at radius 1 is 0.973 bits per heavy atom. The fourth-order valence-electron chi connectivity index (χ4n) is 3.66. The number of aromatic nitrogens is 2. The number of carbonyl (C=O) groups excluding carboxylic acids is 2. The molecule has 196 valence electrons. The van der Waals surface area contributed by atoms with Crippen LogP contribution in [0.15, 0.2) is 54.9 Å². The van der Waals surface area contributed by atoms with E-state index in [9.17, 15) is 9.59 Å². The molecule has 0 aliphatic carbocycles. The van der Waals surface area contributed by atoms with E-state index in [4.69, 9.17) is 14.2 Å². The normalized spacial score (nSPS) is 10.6. The second-order valence-electron chi connectivity index (χ2n) is 8.35. The highest BCUT2D eigenvalue weighted by atomic mass is 16.5. The van der Waals surface area contributed by atoms with Crippen LogP contribution in [0.5, 0.6) is 11.5 Å². The minimum Gasteiger partial charge on any atom is -0.493 e. The fraction of sp³-hybridized carbons (Fsp3) is 0.357. The van der Waals surface area contributed by atoms with Crippen molar-refractivity contribution in [3.63, 3.8) is 0 Å². The molecule has 0 fully saturated rings. The van der Waals surface area contributed by atoms with E-state index in [1.54, 1.807) is 44.4 Å². The number of nitrogens with zero attached hydrogens (tertiary/aromatic N) is 3. The molecule has 0 bridgehead atoms. The van der Waals surface area contributed by atoms with E-state index in [2.05, 4.69) is 15.3 Å². The van der Waals surface area contributed by atoms with E-state index in [0.29, 0.717) is 66.7 Å². The molecule has 2 aromatic carbocycles. The summed E-state index contributed by atoms with van der Waals surface area (Å²) in [5.74, 6) is 1.43. The zero-order valence-electron chi connectivity index (χ0n) is 21.8. The third-order valence-electron chi connectivity index (χ3n) is 5.77. The summed E-state index contributed by atoms with van der Waals surface area (Å²) in [4.78, 5) is 35.7. The summed E-state index contributed by atoms with van der Waals surface area (Å²) < 4.78 is 15.9. The SMILES string of the molecule is CCOCCCNC(=O)c1cnc(-c2cccc(C(=O)N(C)CCc3ccc(OC)c(OC)c3)c2)nc1. The molecule has 2 amide bonds. The lowest BCUT2D eigenvalue weighted by molar-refractivity contribution is 0.0796. The molecule has 1 aromatic heterocycles. The van der Waals surface area contributed by atoms with Crippen molar-refractivity contribution in [2.75, 3.05) is 47.6 Å². The molecule has 3 aromatic rings. The number of ether oxygens (including phenoxy) is 3. The van der Waals surface area contributed by atoms with Crippen molar-refractivity contribution in [2.45, 2.75) is 19.8 Å². The van der Waals surface area contributed by atoms with E-state index in [1.165, 1.54) is 12.4 Å². The lowest BCUT2D eigenvalue weighted by Gasteiger charge is -2.18. The number of amides is 2. The maximum atomic E-state index is 13.1. The van der Waals surface area contributed by atoms with E-state index >= 15 is 0 Å². The van der Waals surface area contributed by atoms with Crippen LogP contribution in [0.1, 0.15) is 39.6 Å². The third-order valence-corrected chi connectivity index (χ3v) is 5.77. The minimum atomic E-state index is -0.233. The van der Waals surface area contributed by atoms with E-state index < -0.39 is 0 Å². The Morgan fingerprint density at radius 3 is 2.43 bits per heavy atom. The summed E-state index contributed by atoms with van der Waals surface area (Å²) >= 11 is 0. The lowest BCUT2D eigenvalue weighted by atomic mass is 10.1. The van der Waals surface area contributed by atoms with Crippen molar-refractivity contribution in [1.29, 1.82) is 0 Å². The first-order valence-electron chi connectivity index (χ1n) is 12.2. The third kappa shape index (κ3) is 7.75. The van der Waals surface area contributed by atoms with Gasteiger partial charge in [0.05, 0.1) is 19.8 Å². The highest BCUT2D eigenvalue weighted by Gasteiger charge is 2.15. The van der Waals surface area contributed by atoms with Crippen LogP contribution in [0.25, 0.3) is 11.4 Å². The van der Waals surface area contributed by atoms with Crippen molar-refractivity contribution in [3.8, 4) is 22.9 Å². The maximum absolute atomic E-state index is 13.1. The summed E-state index contributed by atoms with van der Waals surface area (Å²) in [5.41, 5.74) is 2.65. The summed E-state index contributed by atoms with van der Waals surface area (Å²) in [6, 6.07) is 12.9. The van der Waals surface area contributed by atoms with Gasteiger partial charge in [-0.1, -0.05) is 18.2 Å². The van der Waals surface area contributed by atoms with Gasteiger partial charge in [-0.25, -0.2) is 9.97 Å². The van der Waals surface area contributed by atoms with Crippen LogP contribution in [0.4, 0.5) is 0 Å². The number of benzene rings is 2. The van der Waals surface area contributed by atoms with E-state index in [1.807, 2.05) is 31.2 Å². The quantitative estimate of drug-likeness (QED) is 0.353. The molecule has 0 spiro atoms. The number of likely N-dealkylation sites (N-methyl/N-ethyl adjacent to an activating group) is 1. The van der Waals surface area contributed by atoms with Gasteiger partial charge in [-0.15, -0.1) is 0 Å². The first kappa shape index (κ1) is 27.6. The van der Waals surface area contributed by atoms with Crippen molar-refractivity contribution in [3.05, 3.63) is 71.5 Å². The number of hydrogen-bond donors (Lipinski definition) is 1. The Kier molecular flexibility index (Phi) is 10.4. The first-order valence-corrected chi connectivity index (χ1v) is 12.2. The molecule has 0 unspecified atom stereocenters. The molecular weight excluding hydrogens is 472 g/mol. The zero-order valence-corrected chi connectivity index (χ0v) is 21.8. The molecule has 1 heterocycles. The number of hydrogen-bond acceptors (Lipinski definition) is 7.